The molecular formula is C9H11ClN4O3. The average Bonchev–Trinajstić information content (AvgIpc) is 2.39. The molecule has 92 valence electrons. The number of hydrogen-bond acceptors (Lipinski definition) is 7. The molecule has 8 heteroatoms. The number of anilines is 1. The molecule has 1 saturated heterocycles. The zero-order valence-corrected chi connectivity index (χ0v) is 9.98. The van der Waals surface area contributed by atoms with Crippen LogP contribution in [0.4, 0.5) is 5.95 Å². The van der Waals surface area contributed by atoms with Gasteiger partial charge < -0.3 is 14.4 Å². The highest BCUT2D eigenvalue weighted by Crippen LogP contribution is 2.15. The van der Waals surface area contributed by atoms with E-state index < -0.39 is 5.97 Å². The Labute approximate surface area is 103 Å². The molecule has 0 radical (unpaired) electrons. The van der Waals surface area contributed by atoms with E-state index in [-0.39, 0.29) is 10.8 Å². The van der Waals surface area contributed by atoms with E-state index in [0.717, 1.165) is 0 Å². The van der Waals surface area contributed by atoms with Crippen molar-refractivity contribution in [3.05, 3.63) is 10.8 Å². The van der Waals surface area contributed by atoms with Crippen LogP contribution in [0.15, 0.2) is 0 Å². The highest BCUT2D eigenvalue weighted by molar-refractivity contribution is 6.32. The van der Waals surface area contributed by atoms with Crippen molar-refractivity contribution < 1.29 is 14.3 Å². The summed E-state index contributed by atoms with van der Waals surface area (Å²) in [7, 11) is 1.25. The van der Waals surface area contributed by atoms with Gasteiger partial charge in [0.15, 0.2) is 5.15 Å². The standard InChI is InChI=1S/C9H11ClN4O3/c1-16-8(15)6-7(10)11-9(13-12-6)14-2-4-17-5-3-14/h2-5H2,1H3. The van der Waals surface area contributed by atoms with Crippen molar-refractivity contribution in [2.24, 2.45) is 0 Å². The third kappa shape index (κ3) is 2.62. The van der Waals surface area contributed by atoms with Gasteiger partial charge in [-0.05, 0) is 0 Å². The summed E-state index contributed by atoms with van der Waals surface area (Å²) in [5.74, 6) is -0.255. The maximum absolute atomic E-state index is 11.2. The first-order valence-corrected chi connectivity index (χ1v) is 5.41. The summed E-state index contributed by atoms with van der Waals surface area (Å²) < 4.78 is 9.71. The Kier molecular flexibility index (Phi) is 3.70. The summed E-state index contributed by atoms with van der Waals surface area (Å²) in [6.07, 6.45) is 0. The van der Waals surface area contributed by atoms with Gasteiger partial charge in [-0.15, -0.1) is 10.2 Å². The number of halogens is 1. The fourth-order valence-electron chi connectivity index (χ4n) is 1.42. The van der Waals surface area contributed by atoms with Gasteiger partial charge in [-0.2, -0.15) is 4.98 Å². The van der Waals surface area contributed by atoms with Crippen LogP contribution >= 0.6 is 11.6 Å². The Bertz CT molecular complexity index is 423. The molecule has 7 nitrogen and oxygen atoms in total. The van der Waals surface area contributed by atoms with Gasteiger partial charge in [0.1, 0.15) is 0 Å². The van der Waals surface area contributed by atoms with Gasteiger partial charge in [0.05, 0.1) is 20.3 Å². The summed E-state index contributed by atoms with van der Waals surface area (Å²) in [4.78, 5) is 17.2. The van der Waals surface area contributed by atoms with E-state index in [1.54, 1.807) is 0 Å². The number of carbonyl (C=O) groups excluding carboxylic acids is 1. The molecule has 0 spiro atoms. The van der Waals surface area contributed by atoms with Crippen LogP contribution in [0.2, 0.25) is 5.15 Å². The van der Waals surface area contributed by atoms with E-state index in [2.05, 4.69) is 19.9 Å². The molecule has 0 amide bonds. The first kappa shape index (κ1) is 12.0. The number of nitrogens with zero attached hydrogens (tertiary/aromatic N) is 4. The van der Waals surface area contributed by atoms with E-state index in [4.69, 9.17) is 16.3 Å². The fourth-order valence-corrected chi connectivity index (χ4v) is 1.61. The number of morpholine rings is 1. The quantitative estimate of drug-likeness (QED) is 0.699. The summed E-state index contributed by atoms with van der Waals surface area (Å²) in [6.45, 7) is 2.57. The number of carbonyl (C=O) groups is 1. The second kappa shape index (κ2) is 5.24. The lowest BCUT2D eigenvalue weighted by Crippen LogP contribution is -2.37. The van der Waals surface area contributed by atoms with Crippen molar-refractivity contribution in [2.75, 3.05) is 38.3 Å². The molecular weight excluding hydrogens is 248 g/mol. The molecule has 0 aromatic carbocycles. The van der Waals surface area contributed by atoms with Crippen molar-refractivity contribution in [1.29, 1.82) is 0 Å². The van der Waals surface area contributed by atoms with Crippen LogP contribution in [0.3, 0.4) is 0 Å². The minimum absolute atomic E-state index is 0.00616. The predicted molar refractivity (Wildman–Crippen MR) is 59.2 cm³/mol. The maximum Gasteiger partial charge on any atom is 0.361 e. The van der Waals surface area contributed by atoms with Gasteiger partial charge in [-0.1, -0.05) is 11.6 Å². The van der Waals surface area contributed by atoms with Gasteiger partial charge in [0.25, 0.3) is 0 Å². The zero-order chi connectivity index (χ0) is 12.3. The number of methoxy groups -OCH3 is 1. The van der Waals surface area contributed by atoms with Crippen molar-refractivity contribution in [2.45, 2.75) is 0 Å². The SMILES string of the molecule is COC(=O)c1nnc(N2CCOCC2)nc1Cl. The van der Waals surface area contributed by atoms with Crippen molar-refractivity contribution in [3.8, 4) is 0 Å². The molecule has 1 aromatic heterocycles. The predicted octanol–water partition coefficient (Wildman–Crippen LogP) is 0.148. The first-order valence-electron chi connectivity index (χ1n) is 5.03. The van der Waals surface area contributed by atoms with Gasteiger partial charge >= 0.3 is 5.97 Å². The van der Waals surface area contributed by atoms with Crippen molar-refractivity contribution in [3.63, 3.8) is 0 Å². The van der Waals surface area contributed by atoms with Crippen LogP contribution in [0.1, 0.15) is 10.5 Å². The minimum Gasteiger partial charge on any atom is -0.464 e. The lowest BCUT2D eigenvalue weighted by Gasteiger charge is -2.26. The number of esters is 1. The van der Waals surface area contributed by atoms with Crippen LogP contribution < -0.4 is 4.90 Å². The highest BCUT2D eigenvalue weighted by Gasteiger charge is 2.19. The number of ether oxygens (including phenoxy) is 2. The second-order valence-electron chi connectivity index (χ2n) is 3.34. The van der Waals surface area contributed by atoms with E-state index in [9.17, 15) is 4.79 Å². The molecule has 1 aromatic rings. The van der Waals surface area contributed by atoms with Crippen LogP contribution in [0.25, 0.3) is 0 Å². The summed E-state index contributed by atoms with van der Waals surface area (Å²) in [6, 6.07) is 0. The van der Waals surface area contributed by atoms with E-state index >= 15 is 0 Å². The van der Waals surface area contributed by atoms with E-state index in [1.165, 1.54) is 7.11 Å². The molecule has 2 rings (SSSR count). The molecule has 0 atom stereocenters. The summed E-state index contributed by atoms with van der Waals surface area (Å²) in [5.41, 5.74) is -0.0776. The van der Waals surface area contributed by atoms with Gasteiger partial charge in [-0.3, -0.25) is 0 Å². The maximum atomic E-state index is 11.2. The second-order valence-corrected chi connectivity index (χ2v) is 3.70. The molecule has 2 heterocycles. The Balaban J connectivity index is 2.20. The molecule has 1 aliphatic heterocycles. The Morgan fingerprint density at radius 3 is 2.71 bits per heavy atom. The lowest BCUT2D eigenvalue weighted by molar-refractivity contribution is 0.0592. The van der Waals surface area contributed by atoms with Crippen LogP contribution in [0, 0.1) is 0 Å². The third-order valence-electron chi connectivity index (χ3n) is 2.31. The Morgan fingerprint density at radius 2 is 2.12 bits per heavy atom. The normalized spacial score (nSPS) is 15.8. The van der Waals surface area contributed by atoms with Gasteiger partial charge in [0.2, 0.25) is 11.6 Å². The molecule has 0 N–H and O–H groups in total. The minimum atomic E-state index is -0.650. The lowest BCUT2D eigenvalue weighted by atomic mass is 10.4. The van der Waals surface area contributed by atoms with E-state index in [0.29, 0.717) is 32.3 Å². The largest absolute Gasteiger partial charge is 0.464 e. The third-order valence-corrected chi connectivity index (χ3v) is 2.57. The number of aromatic nitrogens is 3. The van der Waals surface area contributed by atoms with E-state index in [1.807, 2.05) is 4.90 Å². The first-order chi connectivity index (χ1) is 8.22. The number of hydrogen-bond donors (Lipinski definition) is 0. The summed E-state index contributed by atoms with van der Waals surface area (Å²) in [5, 5.41) is 7.57. The average molecular weight is 259 g/mol. The smallest absolute Gasteiger partial charge is 0.361 e. The molecule has 1 aliphatic rings. The molecule has 0 aliphatic carbocycles. The van der Waals surface area contributed by atoms with Crippen LogP contribution in [-0.4, -0.2) is 54.6 Å². The molecule has 0 unspecified atom stereocenters. The highest BCUT2D eigenvalue weighted by atomic mass is 35.5. The monoisotopic (exact) mass is 258 g/mol. The molecule has 1 fully saturated rings. The van der Waals surface area contributed by atoms with Crippen molar-refractivity contribution in [1.82, 2.24) is 15.2 Å². The van der Waals surface area contributed by atoms with Gasteiger partial charge in [-0.25, -0.2) is 4.79 Å². The zero-order valence-electron chi connectivity index (χ0n) is 9.22. The van der Waals surface area contributed by atoms with Crippen molar-refractivity contribution >= 4 is 23.5 Å². The molecule has 0 bridgehead atoms. The Hall–Kier alpha value is -1.47. The van der Waals surface area contributed by atoms with Crippen LogP contribution in [-0.2, 0) is 9.47 Å². The summed E-state index contributed by atoms with van der Waals surface area (Å²) >= 11 is 5.85. The molecule has 0 saturated carbocycles. The Morgan fingerprint density at radius 1 is 1.41 bits per heavy atom. The van der Waals surface area contributed by atoms with Gasteiger partial charge in [0, 0.05) is 13.1 Å². The fraction of sp³-hybridized carbons (Fsp3) is 0.556. The molecule has 17 heavy (non-hydrogen) atoms. The van der Waals surface area contributed by atoms with Crippen LogP contribution in [0.5, 0.6) is 0 Å². The number of rotatable bonds is 2. The topological polar surface area (TPSA) is 77.4 Å².